The van der Waals surface area contributed by atoms with E-state index in [4.69, 9.17) is 4.74 Å². The molecule has 3 aromatic rings. The second-order valence-corrected chi connectivity index (χ2v) is 8.49. The number of rotatable bonds is 7. The molecule has 0 aliphatic carbocycles. The normalized spacial score (nSPS) is 11.3. The van der Waals surface area contributed by atoms with E-state index in [0.29, 0.717) is 22.5 Å². The molecule has 6 nitrogen and oxygen atoms in total. The summed E-state index contributed by atoms with van der Waals surface area (Å²) >= 11 is 1.38. The summed E-state index contributed by atoms with van der Waals surface area (Å²) in [5, 5.41) is 5.27. The van der Waals surface area contributed by atoms with Crippen LogP contribution >= 0.6 is 11.8 Å². The van der Waals surface area contributed by atoms with Crippen LogP contribution in [-0.4, -0.2) is 30.1 Å². The molecule has 2 amide bonds. The lowest BCUT2D eigenvalue weighted by Crippen LogP contribution is -2.23. The van der Waals surface area contributed by atoms with Gasteiger partial charge in [0, 0.05) is 16.1 Å². The smallest absolute Gasteiger partial charge is 0.339 e. The number of ether oxygens (including phenoxy) is 1. The van der Waals surface area contributed by atoms with Crippen molar-refractivity contribution < 1.29 is 19.1 Å². The van der Waals surface area contributed by atoms with E-state index in [0.717, 1.165) is 10.5 Å². The fraction of sp³-hybridized carbons (Fsp3) is 0.160. The van der Waals surface area contributed by atoms with E-state index >= 15 is 0 Å². The summed E-state index contributed by atoms with van der Waals surface area (Å²) in [5.41, 5.74) is 2.92. The highest BCUT2D eigenvalue weighted by Gasteiger charge is 2.18. The van der Waals surface area contributed by atoms with Crippen molar-refractivity contribution in [3.8, 4) is 0 Å². The lowest BCUT2D eigenvalue weighted by molar-refractivity contribution is -0.115. The zero-order valence-corrected chi connectivity index (χ0v) is 18.9. The minimum absolute atomic E-state index is 0.166. The van der Waals surface area contributed by atoms with Crippen molar-refractivity contribution in [3.05, 3.63) is 89.5 Å². The number of anilines is 2. The van der Waals surface area contributed by atoms with E-state index in [9.17, 15) is 14.4 Å². The van der Waals surface area contributed by atoms with E-state index in [-0.39, 0.29) is 11.8 Å². The summed E-state index contributed by atoms with van der Waals surface area (Å²) in [6.07, 6.45) is 0. The Labute approximate surface area is 191 Å². The third-order valence-corrected chi connectivity index (χ3v) is 5.89. The zero-order valence-electron chi connectivity index (χ0n) is 18.0. The Morgan fingerprint density at radius 1 is 0.844 bits per heavy atom. The largest absolute Gasteiger partial charge is 0.465 e. The third kappa shape index (κ3) is 5.76. The molecular weight excluding hydrogens is 424 g/mol. The molecule has 2 N–H and O–H groups in total. The fourth-order valence-corrected chi connectivity index (χ4v) is 3.88. The first kappa shape index (κ1) is 23.1. The summed E-state index contributed by atoms with van der Waals surface area (Å²) in [5.74, 6) is -0.909. The number of thioether (sulfide) groups is 1. The number of hydrogen-bond acceptors (Lipinski definition) is 5. The molecule has 0 spiro atoms. The lowest BCUT2D eigenvalue weighted by Gasteiger charge is -2.14. The van der Waals surface area contributed by atoms with Crippen molar-refractivity contribution in [2.45, 2.75) is 24.0 Å². The Kier molecular flexibility index (Phi) is 7.68. The molecule has 3 rings (SSSR count). The van der Waals surface area contributed by atoms with Gasteiger partial charge in [-0.05, 0) is 61.9 Å². The van der Waals surface area contributed by atoms with Crippen LogP contribution in [0.2, 0.25) is 0 Å². The highest BCUT2D eigenvalue weighted by atomic mass is 32.2. The van der Waals surface area contributed by atoms with Gasteiger partial charge in [0.05, 0.1) is 23.6 Å². The molecule has 3 aromatic carbocycles. The van der Waals surface area contributed by atoms with E-state index in [1.165, 1.54) is 18.9 Å². The average molecular weight is 449 g/mol. The molecule has 0 saturated heterocycles. The van der Waals surface area contributed by atoms with Gasteiger partial charge in [0.15, 0.2) is 0 Å². The number of para-hydroxylation sites is 1. The maximum atomic E-state index is 12.6. The summed E-state index contributed by atoms with van der Waals surface area (Å²) in [6, 6.07) is 21.4. The monoisotopic (exact) mass is 448 g/mol. The van der Waals surface area contributed by atoms with Gasteiger partial charge in [0.1, 0.15) is 0 Å². The van der Waals surface area contributed by atoms with Gasteiger partial charge in [0.2, 0.25) is 5.91 Å². The fourth-order valence-electron chi connectivity index (χ4n) is 3.02. The molecular formula is C25H24N2O4S. The number of aryl methyl sites for hydroxylation is 1. The number of benzene rings is 3. The zero-order chi connectivity index (χ0) is 23.1. The number of hydrogen-bond donors (Lipinski definition) is 2. The summed E-state index contributed by atoms with van der Waals surface area (Å²) in [7, 11) is 1.30. The molecule has 0 bridgehead atoms. The standard InChI is InChI=1S/C25H24N2O4S/c1-16-8-4-5-9-20(16)24(29)26-18-12-14-19(15-13-18)32-17(2)23(28)27-22-11-7-6-10-21(22)25(30)31-3/h4-15,17H,1-3H3,(H,26,29)(H,27,28). The van der Waals surface area contributed by atoms with E-state index in [1.807, 2.05) is 37.3 Å². The molecule has 0 radical (unpaired) electrons. The minimum Gasteiger partial charge on any atom is -0.465 e. The van der Waals surface area contributed by atoms with Crippen LogP contribution in [0.25, 0.3) is 0 Å². The highest BCUT2D eigenvalue weighted by molar-refractivity contribution is 8.00. The highest BCUT2D eigenvalue weighted by Crippen LogP contribution is 2.26. The molecule has 164 valence electrons. The quantitative estimate of drug-likeness (QED) is 0.386. The molecule has 32 heavy (non-hydrogen) atoms. The average Bonchev–Trinajstić information content (AvgIpc) is 2.80. The maximum absolute atomic E-state index is 12.6. The first-order valence-electron chi connectivity index (χ1n) is 10.0. The van der Waals surface area contributed by atoms with Crippen molar-refractivity contribution >= 4 is 40.9 Å². The number of amides is 2. The Morgan fingerprint density at radius 2 is 1.47 bits per heavy atom. The van der Waals surface area contributed by atoms with Gasteiger partial charge < -0.3 is 15.4 Å². The van der Waals surface area contributed by atoms with Crippen LogP contribution in [0, 0.1) is 6.92 Å². The molecule has 0 aliphatic rings. The molecule has 0 fully saturated rings. The Balaban J connectivity index is 1.61. The predicted molar refractivity (Wildman–Crippen MR) is 127 cm³/mol. The maximum Gasteiger partial charge on any atom is 0.339 e. The van der Waals surface area contributed by atoms with Crippen LogP contribution in [-0.2, 0) is 9.53 Å². The van der Waals surface area contributed by atoms with Crippen LogP contribution in [0.4, 0.5) is 11.4 Å². The molecule has 0 saturated carbocycles. The number of carbonyl (C=O) groups excluding carboxylic acids is 3. The van der Waals surface area contributed by atoms with Crippen LogP contribution in [0.15, 0.2) is 77.7 Å². The van der Waals surface area contributed by atoms with Gasteiger partial charge in [-0.3, -0.25) is 9.59 Å². The minimum atomic E-state index is -0.510. The molecule has 0 aromatic heterocycles. The van der Waals surface area contributed by atoms with Crippen molar-refractivity contribution in [3.63, 3.8) is 0 Å². The van der Waals surface area contributed by atoms with Crippen LogP contribution in [0.3, 0.4) is 0 Å². The second-order valence-electron chi connectivity index (χ2n) is 7.08. The van der Waals surface area contributed by atoms with Crippen molar-refractivity contribution in [1.29, 1.82) is 0 Å². The molecule has 0 aliphatic heterocycles. The van der Waals surface area contributed by atoms with E-state index in [2.05, 4.69) is 10.6 Å². The summed E-state index contributed by atoms with van der Waals surface area (Å²) in [4.78, 5) is 37.9. The lowest BCUT2D eigenvalue weighted by atomic mass is 10.1. The van der Waals surface area contributed by atoms with Crippen LogP contribution in [0.5, 0.6) is 0 Å². The molecule has 7 heteroatoms. The van der Waals surface area contributed by atoms with Crippen molar-refractivity contribution in [2.24, 2.45) is 0 Å². The number of esters is 1. The Morgan fingerprint density at radius 3 is 2.12 bits per heavy atom. The van der Waals surface area contributed by atoms with Crippen molar-refractivity contribution in [1.82, 2.24) is 0 Å². The molecule has 0 heterocycles. The second kappa shape index (κ2) is 10.6. The van der Waals surface area contributed by atoms with Crippen molar-refractivity contribution in [2.75, 3.05) is 17.7 Å². The van der Waals surface area contributed by atoms with Gasteiger partial charge in [-0.1, -0.05) is 30.3 Å². The van der Waals surface area contributed by atoms with Gasteiger partial charge in [-0.25, -0.2) is 4.79 Å². The van der Waals surface area contributed by atoms with Gasteiger partial charge >= 0.3 is 5.97 Å². The molecule has 1 unspecified atom stereocenters. The van der Waals surface area contributed by atoms with Crippen LogP contribution in [0.1, 0.15) is 33.2 Å². The first-order valence-corrected chi connectivity index (χ1v) is 10.9. The predicted octanol–water partition coefficient (Wildman–Crippen LogP) is 5.15. The Bertz CT molecular complexity index is 1130. The van der Waals surface area contributed by atoms with Gasteiger partial charge in [-0.15, -0.1) is 11.8 Å². The number of carbonyl (C=O) groups is 3. The van der Waals surface area contributed by atoms with E-state index in [1.54, 1.807) is 49.4 Å². The number of nitrogens with one attached hydrogen (secondary N) is 2. The third-order valence-electron chi connectivity index (χ3n) is 4.77. The topological polar surface area (TPSA) is 84.5 Å². The van der Waals surface area contributed by atoms with E-state index < -0.39 is 11.2 Å². The number of methoxy groups -OCH3 is 1. The van der Waals surface area contributed by atoms with Gasteiger partial charge in [-0.2, -0.15) is 0 Å². The first-order chi connectivity index (χ1) is 15.4. The molecule has 1 atom stereocenters. The van der Waals surface area contributed by atoms with Gasteiger partial charge in [0.25, 0.3) is 5.91 Å². The SMILES string of the molecule is COC(=O)c1ccccc1NC(=O)C(C)Sc1ccc(NC(=O)c2ccccc2C)cc1. The summed E-state index contributed by atoms with van der Waals surface area (Å²) in [6.45, 7) is 3.68. The van der Waals surface area contributed by atoms with Crippen LogP contribution < -0.4 is 10.6 Å². The summed E-state index contributed by atoms with van der Waals surface area (Å²) < 4.78 is 4.76. The Hall–Kier alpha value is -3.58.